The lowest BCUT2D eigenvalue weighted by Crippen LogP contribution is -2.08. The third-order valence-electron chi connectivity index (χ3n) is 2.63. The molecule has 0 aliphatic carbocycles. The van der Waals surface area contributed by atoms with Gasteiger partial charge in [-0.25, -0.2) is 9.78 Å². The Morgan fingerprint density at radius 2 is 2.17 bits per heavy atom. The zero-order valence-corrected chi connectivity index (χ0v) is 11.7. The number of rotatable bonds is 4. The summed E-state index contributed by atoms with van der Waals surface area (Å²) in [6.45, 7) is 2.50. The van der Waals surface area contributed by atoms with Crippen molar-refractivity contribution in [3.63, 3.8) is 0 Å². The minimum atomic E-state index is -0.366. The average Bonchev–Trinajstić information content (AvgIpc) is 2.39. The number of halogens is 1. The lowest BCUT2D eigenvalue weighted by molar-refractivity contribution is 0.0493. The summed E-state index contributed by atoms with van der Waals surface area (Å²) in [5.41, 5.74) is 0.344. The number of hydrogen-bond acceptors (Lipinski definition) is 3. The molecule has 94 valence electrons. The molecular formula is C14H14BrNO2. The highest BCUT2D eigenvalue weighted by atomic mass is 79.9. The zero-order chi connectivity index (χ0) is 13.0. The standard InChI is InChI=1S/C14H14BrNO2/c1-2-3-8-18-14(17)12-9-10-6-4-5-7-11(10)13(15)16-12/h4-7,9H,2-3,8H2,1H3. The van der Waals surface area contributed by atoms with E-state index >= 15 is 0 Å². The minimum absolute atomic E-state index is 0.344. The third-order valence-corrected chi connectivity index (χ3v) is 3.24. The van der Waals surface area contributed by atoms with Crippen LogP contribution in [0.15, 0.2) is 34.9 Å². The maximum absolute atomic E-state index is 11.8. The first-order chi connectivity index (χ1) is 8.72. The Balaban J connectivity index is 2.26. The van der Waals surface area contributed by atoms with Crippen molar-refractivity contribution in [1.29, 1.82) is 0 Å². The van der Waals surface area contributed by atoms with E-state index in [1.54, 1.807) is 6.07 Å². The largest absolute Gasteiger partial charge is 0.461 e. The molecule has 1 aromatic carbocycles. The Kier molecular flexibility index (Phi) is 4.31. The molecule has 4 heteroatoms. The van der Waals surface area contributed by atoms with E-state index in [1.165, 1.54) is 0 Å². The number of esters is 1. The van der Waals surface area contributed by atoms with E-state index in [1.807, 2.05) is 24.3 Å². The number of carbonyl (C=O) groups excluding carboxylic acids is 1. The zero-order valence-electron chi connectivity index (χ0n) is 10.1. The van der Waals surface area contributed by atoms with Gasteiger partial charge in [0.15, 0.2) is 0 Å². The summed E-state index contributed by atoms with van der Waals surface area (Å²) in [5, 5.41) is 1.96. The van der Waals surface area contributed by atoms with Crippen molar-refractivity contribution in [1.82, 2.24) is 4.98 Å². The quantitative estimate of drug-likeness (QED) is 0.487. The predicted molar refractivity (Wildman–Crippen MR) is 74.6 cm³/mol. The highest BCUT2D eigenvalue weighted by molar-refractivity contribution is 9.10. The number of benzene rings is 1. The summed E-state index contributed by atoms with van der Waals surface area (Å²) in [6.07, 6.45) is 1.88. The van der Waals surface area contributed by atoms with Gasteiger partial charge in [-0.3, -0.25) is 0 Å². The van der Waals surface area contributed by atoms with Gasteiger partial charge in [-0.05, 0) is 33.8 Å². The molecule has 0 unspecified atom stereocenters. The van der Waals surface area contributed by atoms with Gasteiger partial charge in [0.1, 0.15) is 10.3 Å². The molecule has 3 nitrogen and oxygen atoms in total. The highest BCUT2D eigenvalue weighted by Crippen LogP contribution is 2.23. The molecular weight excluding hydrogens is 294 g/mol. The van der Waals surface area contributed by atoms with Crippen molar-refractivity contribution in [2.45, 2.75) is 19.8 Å². The third kappa shape index (κ3) is 2.88. The Morgan fingerprint density at radius 1 is 1.39 bits per heavy atom. The maximum atomic E-state index is 11.8. The molecule has 0 aliphatic rings. The van der Waals surface area contributed by atoms with E-state index in [0.717, 1.165) is 23.6 Å². The van der Waals surface area contributed by atoms with E-state index in [0.29, 0.717) is 16.9 Å². The van der Waals surface area contributed by atoms with Crippen LogP contribution in [-0.2, 0) is 4.74 Å². The van der Waals surface area contributed by atoms with Crippen LogP contribution in [0.3, 0.4) is 0 Å². The number of carbonyl (C=O) groups is 1. The van der Waals surface area contributed by atoms with Gasteiger partial charge < -0.3 is 4.74 Å². The van der Waals surface area contributed by atoms with Crippen LogP contribution < -0.4 is 0 Å². The number of unbranched alkanes of at least 4 members (excludes halogenated alkanes) is 1. The number of ether oxygens (including phenoxy) is 1. The second kappa shape index (κ2) is 5.96. The van der Waals surface area contributed by atoms with Gasteiger partial charge in [0.05, 0.1) is 6.61 Å². The van der Waals surface area contributed by atoms with Crippen LogP contribution in [0.2, 0.25) is 0 Å². The van der Waals surface area contributed by atoms with Gasteiger partial charge >= 0.3 is 5.97 Å². The minimum Gasteiger partial charge on any atom is -0.461 e. The smallest absolute Gasteiger partial charge is 0.356 e. The van der Waals surface area contributed by atoms with Crippen molar-refractivity contribution in [3.05, 3.63) is 40.6 Å². The van der Waals surface area contributed by atoms with E-state index in [-0.39, 0.29) is 5.97 Å². The first-order valence-electron chi connectivity index (χ1n) is 5.94. The number of pyridine rings is 1. The molecule has 0 saturated carbocycles. The van der Waals surface area contributed by atoms with E-state index in [9.17, 15) is 4.79 Å². The molecule has 2 rings (SSSR count). The van der Waals surface area contributed by atoms with Crippen molar-refractivity contribution >= 4 is 32.7 Å². The Labute approximate surface area is 114 Å². The first-order valence-corrected chi connectivity index (χ1v) is 6.74. The van der Waals surface area contributed by atoms with E-state index in [4.69, 9.17) is 4.74 Å². The second-order valence-electron chi connectivity index (χ2n) is 4.01. The number of nitrogens with zero attached hydrogens (tertiary/aromatic N) is 1. The molecule has 18 heavy (non-hydrogen) atoms. The summed E-state index contributed by atoms with van der Waals surface area (Å²) in [6, 6.07) is 9.53. The lowest BCUT2D eigenvalue weighted by atomic mass is 10.1. The van der Waals surface area contributed by atoms with Gasteiger partial charge in [0.25, 0.3) is 0 Å². The fourth-order valence-corrected chi connectivity index (χ4v) is 2.20. The van der Waals surface area contributed by atoms with Gasteiger partial charge in [-0.2, -0.15) is 0 Å². The Bertz CT molecular complexity index is 569. The maximum Gasteiger partial charge on any atom is 0.356 e. The van der Waals surface area contributed by atoms with Crippen LogP contribution in [0.4, 0.5) is 0 Å². The molecule has 0 saturated heterocycles. The van der Waals surface area contributed by atoms with Crippen molar-refractivity contribution < 1.29 is 9.53 Å². The van der Waals surface area contributed by atoms with Crippen LogP contribution in [0, 0.1) is 0 Å². The fourth-order valence-electron chi connectivity index (χ4n) is 1.64. The normalized spacial score (nSPS) is 10.6. The van der Waals surface area contributed by atoms with Crippen LogP contribution in [0.5, 0.6) is 0 Å². The molecule has 0 fully saturated rings. The predicted octanol–water partition coefficient (Wildman–Crippen LogP) is 3.95. The summed E-state index contributed by atoms with van der Waals surface area (Å²) in [4.78, 5) is 16.0. The van der Waals surface area contributed by atoms with Crippen LogP contribution in [-0.4, -0.2) is 17.6 Å². The van der Waals surface area contributed by atoms with Crippen molar-refractivity contribution in [2.24, 2.45) is 0 Å². The number of aromatic nitrogens is 1. The van der Waals surface area contributed by atoms with Gasteiger partial charge in [0.2, 0.25) is 0 Å². The molecule has 1 aromatic heterocycles. The summed E-state index contributed by atoms with van der Waals surface area (Å²) in [5.74, 6) is -0.366. The van der Waals surface area contributed by atoms with E-state index in [2.05, 4.69) is 27.8 Å². The van der Waals surface area contributed by atoms with Gasteiger partial charge in [-0.1, -0.05) is 37.6 Å². The number of hydrogen-bond donors (Lipinski definition) is 0. The second-order valence-corrected chi connectivity index (χ2v) is 4.76. The van der Waals surface area contributed by atoms with Crippen molar-refractivity contribution in [2.75, 3.05) is 6.61 Å². The SMILES string of the molecule is CCCCOC(=O)c1cc2ccccc2c(Br)n1. The topological polar surface area (TPSA) is 39.2 Å². The Hall–Kier alpha value is -1.42. The molecule has 0 spiro atoms. The van der Waals surface area contributed by atoms with Gasteiger partial charge in [-0.15, -0.1) is 0 Å². The molecule has 0 N–H and O–H groups in total. The van der Waals surface area contributed by atoms with E-state index < -0.39 is 0 Å². The number of fused-ring (bicyclic) bond motifs is 1. The molecule has 1 heterocycles. The molecule has 0 amide bonds. The molecule has 0 bridgehead atoms. The van der Waals surface area contributed by atoms with Gasteiger partial charge in [0, 0.05) is 5.39 Å². The van der Waals surface area contributed by atoms with Crippen LogP contribution in [0.25, 0.3) is 10.8 Å². The fraction of sp³-hybridized carbons (Fsp3) is 0.286. The molecule has 0 radical (unpaired) electrons. The molecule has 0 atom stereocenters. The Morgan fingerprint density at radius 3 is 2.94 bits per heavy atom. The highest BCUT2D eigenvalue weighted by Gasteiger charge is 2.11. The average molecular weight is 308 g/mol. The summed E-state index contributed by atoms with van der Waals surface area (Å²) in [7, 11) is 0. The summed E-state index contributed by atoms with van der Waals surface area (Å²) >= 11 is 3.38. The molecule has 0 aliphatic heterocycles. The van der Waals surface area contributed by atoms with Crippen LogP contribution >= 0.6 is 15.9 Å². The van der Waals surface area contributed by atoms with Crippen molar-refractivity contribution in [3.8, 4) is 0 Å². The monoisotopic (exact) mass is 307 g/mol. The lowest BCUT2D eigenvalue weighted by Gasteiger charge is -2.06. The summed E-state index contributed by atoms with van der Waals surface area (Å²) < 4.78 is 5.82. The van der Waals surface area contributed by atoms with Crippen LogP contribution in [0.1, 0.15) is 30.3 Å². The molecule has 2 aromatic rings. The first kappa shape index (κ1) is 13.0.